The maximum atomic E-state index is 14.1. The van der Waals surface area contributed by atoms with E-state index in [4.69, 9.17) is 5.73 Å². The van der Waals surface area contributed by atoms with Gasteiger partial charge < -0.3 is 16.4 Å². The summed E-state index contributed by atoms with van der Waals surface area (Å²) in [5.41, 5.74) is 13.8. The van der Waals surface area contributed by atoms with Crippen molar-refractivity contribution < 1.29 is 19.2 Å². The molecule has 0 atom stereocenters. The largest absolute Gasteiger partial charge is 0.388 e. The Balaban J connectivity index is 1.53. The molecule has 44 heavy (non-hydrogen) atoms. The zero-order valence-electron chi connectivity index (χ0n) is 24.6. The number of rotatable bonds is 10. The zero-order valence-corrected chi connectivity index (χ0v) is 24.6. The van der Waals surface area contributed by atoms with Gasteiger partial charge in [-0.05, 0) is 43.7 Å². The van der Waals surface area contributed by atoms with Crippen LogP contribution in [-0.4, -0.2) is 49.8 Å². The second-order valence-electron chi connectivity index (χ2n) is 10.8. The first kappa shape index (κ1) is 28.8. The van der Waals surface area contributed by atoms with Crippen molar-refractivity contribution in [1.82, 2.24) is 0 Å². The van der Waals surface area contributed by atoms with E-state index < -0.39 is 0 Å². The van der Waals surface area contributed by atoms with Gasteiger partial charge in [-0.3, -0.25) is 29.6 Å². The summed E-state index contributed by atoms with van der Waals surface area (Å²) < 4.78 is 0. The van der Waals surface area contributed by atoms with Crippen molar-refractivity contribution in [2.45, 2.75) is 19.8 Å². The van der Waals surface area contributed by atoms with Gasteiger partial charge in [0.1, 0.15) is 0 Å². The number of carbonyl (C=O) groups is 4. The van der Waals surface area contributed by atoms with E-state index in [2.05, 4.69) is 16.1 Å². The molecule has 0 saturated heterocycles. The standard InChI is InChI=1S/C35H33N5O4/c1-3-19-40(39-26-16-15-25(37-2)29-30(26)35(44)23-12-7-6-11-22(23)34(29)43)31-27(38-18-8-17-36)14-13-24-28(31)33(42)21-10-5-4-9-20(21)32(24)41/h4-7,9-16,37-39H,3,8,17-19,36H2,1-2H3. The molecule has 0 heterocycles. The summed E-state index contributed by atoms with van der Waals surface area (Å²) in [6.07, 6.45) is 1.37. The number of hydrogen-bond acceptors (Lipinski definition) is 9. The summed E-state index contributed by atoms with van der Waals surface area (Å²) in [5, 5.41) is 8.26. The Morgan fingerprint density at radius 3 is 1.73 bits per heavy atom. The molecule has 4 aromatic rings. The van der Waals surface area contributed by atoms with Crippen LogP contribution in [0.1, 0.15) is 83.5 Å². The quantitative estimate of drug-likeness (QED) is 0.125. The number of hydrogen-bond donors (Lipinski definition) is 4. The second kappa shape index (κ2) is 11.8. The van der Waals surface area contributed by atoms with Crippen LogP contribution < -0.4 is 26.8 Å². The van der Waals surface area contributed by atoms with E-state index >= 15 is 0 Å². The van der Waals surface area contributed by atoms with Crippen molar-refractivity contribution in [3.63, 3.8) is 0 Å². The molecule has 0 unspecified atom stereocenters. The van der Waals surface area contributed by atoms with Crippen molar-refractivity contribution >= 4 is 45.9 Å². The van der Waals surface area contributed by atoms with E-state index in [9.17, 15) is 19.2 Å². The molecule has 2 aliphatic carbocycles. The minimum Gasteiger partial charge on any atom is -0.388 e. The number of hydrazine groups is 1. The summed E-state index contributed by atoms with van der Waals surface area (Å²) in [6.45, 7) is 3.46. The number of nitrogens with zero attached hydrogens (tertiary/aromatic N) is 1. The first-order chi connectivity index (χ1) is 21.4. The van der Waals surface area contributed by atoms with Crippen molar-refractivity contribution in [3.8, 4) is 0 Å². The van der Waals surface area contributed by atoms with Gasteiger partial charge in [-0.25, -0.2) is 0 Å². The van der Waals surface area contributed by atoms with Crippen LogP contribution in [0.15, 0.2) is 72.8 Å². The van der Waals surface area contributed by atoms with Gasteiger partial charge >= 0.3 is 0 Å². The number of carbonyl (C=O) groups excluding carboxylic acids is 4. The third-order valence-corrected chi connectivity index (χ3v) is 8.08. The van der Waals surface area contributed by atoms with Gasteiger partial charge in [0.05, 0.1) is 33.8 Å². The van der Waals surface area contributed by atoms with Gasteiger partial charge in [0, 0.05) is 53.6 Å². The summed E-state index contributed by atoms with van der Waals surface area (Å²) >= 11 is 0. The van der Waals surface area contributed by atoms with Crippen LogP contribution in [0.3, 0.4) is 0 Å². The Bertz CT molecular complexity index is 1850. The number of anilines is 4. The SMILES string of the molecule is CCCN(Nc1ccc(NC)c2c1C(=O)c1ccccc1C2=O)c1c(NCCCN)ccc2c1C(=O)c1ccccc1C2=O. The molecule has 5 N–H and O–H groups in total. The van der Waals surface area contributed by atoms with Crippen LogP contribution in [0.25, 0.3) is 0 Å². The Kier molecular flexibility index (Phi) is 7.71. The molecule has 6 rings (SSSR count). The maximum Gasteiger partial charge on any atom is 0.196 e. The van der Waals surface area contributed by atoms with Gasteiger partial charge in [0.25, 0.3) is 0 Å². The number of ketones is 4. The molecule has 0 aliphatic heterocycles. The summed E-state index contributed by atoms with van der Waals surface area (Å²) in [6, 6.07) is 20.6. The van der Waals surface area contributed by atoms with Crippen LogP contribution >= 0.6 is 0 Å². The molecule has 9 nitrogen and oxygen atoms in total. The lowest BCUT2D eigenvalue weighted by molar-refractivity contribution is 0.0979. The molecular formula is C35H33N5O4. The van der Waals surface area contributed by atoms with E-state index in [0.717, 1.165) is 0 Å². The summed E-state index contributed by atoms with van der Waals surface area (Å²) in [5.74, 6) is -1.01. The average Bonchev–Trinajstić information content (AvgIpc) is 3.05. The molecule has 222 valence electrons. The number of fused-ring (bicyclic) bond motifs is 4. The lowest BCUT2D eigenvalue weighted by Crippen LogP contribution is -2.36. The Hall–Kier alpha value is -5.28. The Morgan fingerprint density at radius 2 is 1.16 bits per heavy atom. The van der Waals surface area contributed by atoms with Crippen LogP contribution in [0, 0.1) is 0 Å². The number of nitrogens with one attached hydrogen (secondary N) is 3. The highest BCUT2D eigenvalue weighted by Gasteiger charge is 2.37. The highest BCUT2D eigenvalue weighted by atomic mass is 16.1. The van der Waals surface area contributed by atoms with Gasteiger partial charge in [-0.1, -0.05) is 55.5 Å². The van der Waals surface area contributed by atoms with Gasteiger partial charge in [0.2, 0.25) is 0 Å². The third-order valence-electron chi connectivity index (χ3n) is 8.08. The summed E-state index contributed by atoms with van der Waals surface area (Å²) in [4.78, 5) is 55.4. The van der Waals surface area contributed by atoms with Crippen molar-refractivity contribution in [1.29, 1.82) is 0 Å². The molecule has 0 aromatic heterocycles. The van der Waals surface area contributed by atoms with E-state index in [0.29, 0.717) is 83.0 Å². The van der Waals surface area contributed by atoms with E-state index in [1.165, 1.54) is 0 Å². The van der Waals surface area contributed by atoms with E-state index in [1.807, 2.05) is 6.92 Å². The van der Waals surface area contributed by atoms with Crippen LogP contribution in [0.4, 0.5) is 22.7 Å². The van der Waals surface area contributed by atoms with Crippen molar-refractivity contribution in [3.05, 3.63) is 117 Å². The molecule has 0 bridgehead atoms. The van der Waals surface area contributed by atoms with Gasteiger partial charge in [-0.15, -0.1) is 0 Å². The fourth-order valence-electron chi connectivity index (χ4n) is 6.03. The van der Waals surface area contributed by atoms with Gasteiger partial charge in [-0.2, -0.15) is 0 Å². The molecular weight excluding hydrogens is 554 g/mol. The minimum atomic E-state index is -0.275. The summed E-state index contributed by atoms with van der Waals surface area (Å²) in [7, 11) is 1.71. The Labute approximate surface area is 255 Å². The molecule has 4 aromatic carbocycles. The van der Waals surface area contributed by atoms with Crippen LogP contribution in [0.2, 0.25) is 0 Å². The monoisotopic (exact) mass is 587 g/mol. The van der Waals surface area contributed by atoms with Gasteiger partial charge in [0.15, 0.2) is 23.1 Å². The average molecular weight is 588 g/mol. The van der Waals surface area contributed by atoms with E-state index in [1.54, 1.807) is 84.9 Å². The predicted molar refractivity (Wildman–Crippen MR) is 172 cm³/mol. The van der Waals surface area contributed by atoms with Crippen LogP contribution in [0.5, 0.6) is 0 Å². The lowest BCUT2D eigenvalue weighted by atomic mass is 9.82. The van der Waals surface area contributed by atoms with E-state index in [-0.39, 0.29) is 39.8 Å². The fourth-order valence-corrected chi connectivity index (χ4v) is 6.03. The lowest BCUT2D eigenvalue weighted by Gasteiger charge is -2.33. The number of benzene rings is 4. The first-order valence-electron chi connectivity index (χ1n) is 14.8. The third kappa shape index (κ3) is 4.62. The smallest absolute Gasteiger partial charge is 0.196 e. The molecule has 0 fully saturated rings. The normalized spacial score (nSPS) is 13.1. The molecule has 0 saturated carbocycles. The maximum absolute atomic E-state index is 14.1. The topological polar surface area (TPSA) is 134 Å². The molecule has 0 amide bonds. The molecule has 0 spiro atoms. The van der Waals surface area contributed by atoms with Crippen molar-refractivity contribution in [2.24, 2.45) is 5.73 Å². The molecule has 0 radical (unpaired) electrons. The van der Waals surface area contributed by atoms with Crippen molar-refractivity contribution in [2.75, 3.05) is 47.8 Å². The molecule has 2 aliphatic rings. The zero-order chi connectivity index (χ0) is 31.0. The first-order valence-corrected chi connectivity index (χ1v) is 14.8. The molecule has 9 heteroatoms. The number of nitrogens with two attached hydrogens (primary N) is 1. The fraction of sp³-hybridized carbons (Fsp3) is 0.200. The Morgan fingerprint density at radius 1 is 0.636 bits per heavy atom. The second-order valence-corrected chi connectivity index (χ2v) is 10.8. The minimum absolute atomic E-state index is 0.227. The van der Waals surface area contributed by atoms with Crippen LogP contribution in [-0.2, 0) is 0 Å². The highest BCUT2D eigenvalue weighted by Crippen LogP contribution is 2.41. The predicted octanol–water partition coefficient (Wildman–Crippen LogP) is 5.28. The highest BCUT2D eigenvalue weighted by molar-refractivity contribution is 6.32.